The van der Waals surface area contributed by atoms with Crippen LogP contribution in [-0.2, 0) is 16.1 Å². The van der Waals surface area contributed by atoms with E-state index in [2.05, 4.69) is 42.2 Å². The number of amides is 2. The molecule has 2 aromatic heterocycles. The van der Waals surface area contributed by atoms with Crippen molar-refractivity contribution in [3.63, 3.8) is 0 Å². The molecule has 30 heavy (non-hydrogen) atoms. The molecule has 0 saturated heterocycles. The molecule has 0 bridgehead atoms. The smallest absolute Gasteiger partial charge is 0.259 e. The first-order valence-electron chi connectivity index (χ1n) is 9.33. The Hall–Kier alpha value is -2.68. The minimum Gasteiger partial charge on any atom is -0.361 e. The molecule has 0 fully saturated rings. The predicted molar refractivity (Wildman–Crippen MR) is 125 cm³/mol. The van der Waals surface area contributed by atoms with E-state index in [1.54, 1.807) is 6.20 Å². The number of aromatic nitrogens is 2. The summed E-state index contributed by atoms with van der Waals surface area (Å²) in [5.74, 6) is -0.795. The molecule has 1 aliphatic rings. The summed E-state index contributed by atoms with van der Waals surface area (Å²) >= 11 is 7.01. The minimum atomic E-state index is -0.398. The maximum atomic E-state index is 12.9. The zero-order valence-corrected chi connectivity index (χ0v) is 18.8. The third kappa shape index (κ3) is 2.94. The van der Waals surface area contributed by atoms with Crippen LogP contribution in [-0.4, -0.2) is 27.9 Å². The van der Waals surface area contributed by atoms with E-state index in [1.807, 2.05) is 47.2 Å². The fourth-order valence-corrected chi connectivity index (χ4v) is 4.78. The first kappa shape index (κ1) is 19.3. The quantitative estimate of drug-likeness (QED) is 0.348. The third-order valence-electron chi connectivity index (χ3n) is 5.33. The molecular weight excluding hydrogens is 512 g/mol. The number of nitrogens with zero attached hydrogens (tertiary/aromatic N) is 1. The van der Waals surface area contributed by atoms with E-state index in [-0.39, 0.29) is 0 Å². The lowest BCUT2D eigenvalue weighted by molar-refractivity contribution is -0.122. The van der Waals surface area contributed by atoms with Gasteiger partial charge in [0, 0.05) is 67.4 Å². The molecule has 0 aliphatic carbocycles. The Bertz CT molecular complexity index is 1400. The summed E-state index contributed by atoms with van der Waals surface area (Å²) in [5.41, 5.74) is 9.79. The van der Waals surface area contributed by atoms with Crippen LogP contribution in [0.5, 0.6) is 0 Å². The summed E-state index contributed by atoms with van der Waals surface area (Å²) in [6.45, 7) is 1.07. The van der Waals surface area contributed by atoms with Gasteiger partial charge in [0.05, 0.1) is 11.1 Å². The normalized spacial score (nSPS) is 14.4. The van der Waals surface area contributed by atoms with Gasteiger partial charge in [0.1, 0.15) is 0 Å². The highest BCUT2D eigenvalue weighted by molar-refractivity contribution is 9.10. The van der Waals surface area contributed by atoms with Crippen molar-refractivity contribution in [2.45, 2.75) is 6.54 Å². The van der Waals surface area contributed by atoms with Gasteiger partial charge < -0.3 is 15.3 Å². The maximum Gasteiger partial charge on any atom is 0.259 e. The van der Waals surface area contributed by atoms with Gasteiger partial charge in [-0.1, -0.05) is 31.9 Å². The highest BCUT2D eigenvalue weighted by atomic mass is 79.9. The van der Waals surface area contributed by atoms with E-state index in [4.69, 9.17) is 5.73 Å². The second-order valence-electron chi connectivity index (χ2n) is 7.11. The lowest BCUT2D eigenvalue weighted by atomic mass is 9.95. The molecule has 0 radical (unpaired) electrons. The molecule has 2 aromatic carbocycles. The average molecular weight is 528 g/mol. The van der Waals surface area contributed by atoms with Gasteiger partial charge in [0.25, 0.3) is 11.8 Å². The van der Waals surface area contributed by atoms with Crippen LogP contribution >= 0.6 is 31.9 Å². The van der Waals surface area contributed by atoms with Gasteiger partial charge in [-0.25, -0.2) is 0 Å². The molecule has 4 N–H and O–H groups in total. The number of carbonyl (C=O) groups excluding carboxylic acids is 2. The predicted octanol–water partition coefficient (Wildman–Crippen LogP) is 4.17. The monoisotopic (exact) mass is 526 g/mol. The van der Waals surface area contributed by atoms with E-state index in [1.165, 1.54) is 0 Å². The van der Waals surface area contributed by atoms with Crippen LogP contribution in [0, 0.1) is 0 Å². The molecule has 0 saturated carbocycles. The van der Waals surface area contributed by atoms with Gasteiger partial charge >= 0.3 is 0 Å². The number of H-pyrrole nitrogens is 1. The topological polar surface area (TPSA) is 92.9 Å². The van der Waals surface area contributed by atoms with Crippen molar-refractivity contribution in [3.8, 4) is 0 Å². The van der Waals surface area contributed by atoms with Gasteiger partial charge in [-0.2, -0.15) is 0 Å². The molecule has 3 heterocycles. The number of aromatic amines is 1. The Morgan fingerprint density at radius 1 is 0.900 bits per heavy atom. The van der Waals surface area contributed by atoms with Crippen LogP contribution in [0.4, 0.5) is 0 Å². The molecule has 150 valence electrons. The van der Waals surface area contributed by atoms with Crippen molar-refractivity contribution in [1.29, 1.82) is 0 Å². The number of imide groups is 1. The van der Waals surface area contributed by atoms with Gasteiger partial charge in [-0.3, -0.25) is 14.9 Å². The van der Waals surface area contributed by atoms with Gasteiger partial charge in [0.2, 0.25) is 0 Å². The molecule has 6 nitrogen and oxygen atoms in total. The highest BCUT2D eigenvalue weighted by Crippen LogP contribution is 2.39. The first-order valence-corrected chi connectivity index (χ1v) is 10.9. The molecular formula is C22H16Br2N4O2. The van der Waals surface area contributed by atoms with E-state index in [0.29, 0.717) is 35.4 Å². The van der Waals surface area contributed by atoms with E-state index in [0.717, 1.165) is 30.8 Å². The van der Waals surface area contributed by atoms with Crippen LogP contribution in [0.3, 0.4) is 0 Å². The largest absolute Gasteiger partial charge is 0.361 e. The summed E-state index contributed by atoms with van der Waals surface area (Å²) in [5, 5.41) is 4.23. The zero-order valence-electron chi connectivity index (χ0n) is 15.6. The SMILES string of the molecule is NCCn1cc(C2=C(c3c[nH]c4ccc(Br)cc34)C(=O)NC2=O)c2cc(Br)ccc21. The molecule has 2 amide bonds. The van der Waals surface area contributed by atoms with Crippen molar-refractivity contribution in [1.82, 2.24) is 14.9 Å². The van der Waals surface area contributed by atoms with Crippen LogP contribution < -0.4 is 11.1 Å². The average Bonchev–Trinajstić information content (AvgIpc) is 3.35. The van der Waals surface area contributed by atoms with Crippen LogP contribution in [0.1, 0.15) is 11.1 Å². The van der Waals surface area contributed by atoms with Crippen molar-refractivity contribution in [2.75, 3.05) is 6.54 Å². The Morgan fingerprint density at radius 3 is 2.30 bits per heavy atom. The summed E-state index contributed by atoms with van der Waals surface area (Å²) in [6, 6.07) is 11.7. The number of fused-ring (bicyclic) bond motifs is 2. The zero-order chi connectivity index (χ0) is 21.0. The number of rotatable bonds is 4. The van der Waals surface area contributed by atoms with Gasteiger partial charge in [-0.15, -0.1) is 0 Å². The second kappa shape index (κ2) is 7.23. The number of nitrogens with one attached hydrogen (secondary N) is 2. The van der Waals surface area contributed by atoms with E-state index >= 15 is 0 Å². The second-order valence-corrected chi connectivity index (χ2v) is 8.94. The van der Waals surface area contributed by atoms with Crippen LogP contribution in [0.15, 0.2) is 57.7 Å². The molecule has 1 aliphatic heterocycles. The van der Waals surface area contributed by atoms with Gasteiger partial charge in [0.15, 0.2) is 0 Å². The summed E-state index contributed by atoms with van der Waals surface area (Å²) in [7, 11) is 0. The number of carbonyl (C=O) groups is 2. The van der Waals surface area contributed by atoms with Crippen LogP contribution in [0.25, 0.3) is 33.0 Å². The fraction of sp³-hybridized carbons (Fsp3) is 0.0909. The van der Waals surface area contributed by atoms with E-state index in [9.17, 15) is 9.59 Å². The molecule has 0 unspecified atom stereocenters. The Labute approximate surface area is 188 Å². The van der Waals surface area contributed by atoms with Gasteiger partial charge in [-0.05, 0) is 36.4 Å². The highest BCUT2D eigenvalue weighted by Gasteiger charge is 2.35. The molecule has 4 aromatic rings. The standard InChI is InChI=1S/C22H16Br2N4O2/c23-11-1-3-17-13(7-11)15(9-26-17)19-20(22(30)27-21(19)29)16-10-28(6-5-25)18-4-2-12(24)8-14(16)18/h1-4,7-10,26H,5-6,25H2,(H,27,29,30). The maximum absolute atomic E-state index is 12.9. The van der Waals surface area contributed by atoms with Crippen molar-refractivity contribution >= 4 is 76.6 Å². The summed E-state index contributed by atoms with van der Waals surface area (Å²) in [6.07, 6.45) is 3.68. The Morgan fingerprint density at radius 2 is 1.57 bits per heavy atom. The Kier molecular flexibility index (Phi) is 4.65. The molecule has 5 rings (SSSR count). The lowest BCUT2D eigenvalue weighted by Gasteiger charge is -2.03. The molecule has 0 spiro atoms. The first-order chi connectivity index (χ1) is 14.5. The van der Waals surface area contributed by atoms with Crippen LogP contribution in [0.2, 0.25) is 0 Å². The Balaban J connectivity index is 1.84. The third-order valence-corrected chi connectivity index (χ3v) is 6.31. The lowest BCUT2D eigenvalue weighted by Crippen LogP contribution is -2.22. The number of hydrogen-bond acceptors (Lipinski definition) is 3. The molecule has 8 heteroatoms. The number of nitrogens with two attached hydrogens (primary N) is 1. The number of halogens is 2. The number of benzene rings is 2. The van der Waals surface area contributed by atoms with Crippen molar-refractivity contribution < 1.29 is 9.59 Å². The van der Waals surface area contributed by atoms with Crippen molar-refractivity contribution in [2.24, 2.45) is 5.73 Å². The fourth-order valence-electron chi connectivity index (χ4n) is 4.06. The summed E-state index contributed by atoms with van der Waals surface area (Å²) < 4.78 is 3.81. The van der Waals surface area contributed by atoms with E-state index < -0.39 is 11.8 Å². The van der Waals surface area contributed by atoms with Crippen molar-refractivity contribution in [3.05, 3.63) is 68.9 Å². The summed E-state index contributed by atoms with van der Waals surface area (Å²) in [4.78, 5) is 29.0. The number of hydrogen-bond donors (Lipinski definition) is 3. The minimum absolute atomic E-state index is 0.371. The molecule has 0 atom stereocenters.